The number of fused-ring (bicyclic) bond motifs is 5. The molecule has 55 heavy (non-hydrogen) atoms. The maximum atomic E-state index is 14.1. The number of likely N-dealkylation sites (N-methyl/N-ethyl adjacent to an activating group) is 1. The Hall–Kier alpha value is -5.96. The van der Waals surface area contributed by atoms with Crippen LogP contribution in [0.5, 0.6) is 11.5 Å². The predicted octanol–water partition coefficient (Wildman–Crippen LogP) is 2.91. The van der Waals surface area contributed by atoms with E-state index >= 15 is 0 Å². The zero-order valence-electron chi connectivity index (χ0n) is 30.3. The minimum atomic E-state index is -1.34. The SMILES string of the molecule is C[C@@H]1NC(=O)C(N(C)C(=O)CNC(=O)c2ccccc2-c2ccc(Cl)cc2)c2ccc(OCCN)c(c2)-c2cc(ccc2OCCN)CC(C(=O)O)NC1=O. The fraction of sp³-hybridized carbons (Fsp3) is 0.275. The molecule has 8 N–H and O–H groups in total. The zero-order chi connectivity index (χ0) is 39.6. The molecule has 4 aromatic carbocycles. The van der Waals surface area contributed by atoms with Crippen LogP contribution in [0.15, 0.2) is 84.9 Å². The van der Waals surface area contributed by atoms with E-state index in [0.717, 1.165) is 5.56 Å². The lowest BCUT2D eigenvalue weighted by atomic mass is 9.93. The molecule has 0 saturated carbocycles. The van der Waals surface area contributed by atoms with E-state index in [9.17, 15) is 29.1 Å². The molecule has 2 unspecified atom stereocenters. The van der Waals surface area contributed by atoms with E-state index in [1.807, 2.05) is 0 Å². The molecule has 3 atom stereocenters. The first-order valence-corrected chi connectivity index (χ1v) is 17.9. The molecule has 4 bridgehead atoms. The molecule has 1 aliphatic rings. The Bertz CT molecular complexity index is 2060. The van der Waals surface area contributed by atoms with Gasteiger partial charge in [-0.3, -0.25) is 19.2 Å². The Labute approximate surface area is 323 Å². The first-order valence-electron chi connectivity index (χ1n) is 17.6. The Morgan fingerprint density at radius 1 is 0.855 bits per heavy atom. The van der Waals surface area contributed by atoms with Crippen LogP contribution in [0.4, 0.5) is 0 Å². The Morgan fingerprint density at radius 2 is 1.49 bits per heavy atom. The quantitative estimate of drug-likeness (QED) is 0.124. The number of aliphatic carboxylic acids is 1. The van der Waals surface area contributed by atoms with Crippen LogP contribution in [0.3, 0.4) is 0 Å². The second-order valence-electron chi connectivity index (χ2n) is 12.8. The van der Waals surface area contributed by atoms with E-state index in [0.29, 0.717) is 49.9 Å². The number of amides is 4. The molecule has 0 spiro atoms. The number of hydrogen-bond acceptors (Lipinski definition) is 9. The normalized spacial score (nSPS) is 16.9. The van der Waals surface area contributed by atoms with Gasteiger partial charge in [-0.25, -0.2) is 4.79 Å². The van der Waals surface area contributed by atoms with E-state index < -0.39 is 54.3 Å². The van der Waals surface area contributed by atoms with Gasteiger partial charge in [-0.05, 0) is 71.6 Å². The van der Waals surface area contributed by atoms with Gasteiger partial charge in [-0.2, -0.15) is 0 Å². The van der Waals surface area contributed by atoms with E-state index in [-0.39, 0.29) is 32.7 Å². The fourth-order valence-electron chi connectivity index (χ4n) is 6.16. The molecular weight excluding hydrogens is 728 g/mol. The number of carboxylic acids is 1. The minimum Gasteiger partial charge on any atom is -0.492 e. The van der Waals surface area contributed by atoms with Crippen molar-refractivity contribution in [3.63, 3.8) is 0 Å². The highest BCUT2D eigenvalue weighted by Crippen LogP contribution is 2.40. The van der Waals surface area contributed by atoms with Gasteiger partial charge in [-0.15, -0.1) is 0 Å². The lowest BCUT2D eigenvalue weighted by molar-refractivity contribution is -0.142. The van der Waals surface area contributed by atoms with Gasteiger partial charge in [0.05, 0.1) is 6.54 Å². The van der Waals surface area contributed by atoms with Gasteiger partial charge in [-0.1, -0.05) is 54.1 Å². The van der Waals surface area contributed by atoms with Crippen molar-refractivity contribution in [2.45, 2.75) is 31.5 Å². The van der Waals surface area contributed by atoms with Crippen LogP contribution in [0.25, 0.3) is 22.3 Å². The zero-order valence-corrected chi connectivity index (χ0v) is 31.1. The molecule has 0 saturated heterocycles. The number of hydrogen-bond donors (Lipinski definition) is 6. The maximum Gasteiger partial charge on any atom is 0.326 e. The van der Waals surface area contributed by atoms with E-state index in [4.69, 9.17) is 32.5 Å². The summed E-state index contributed by atoms with van der Waals surface area (Å²) >= 11 is 6.07. The molecule has 288 valence electrons. The average Bonchev–Trinajstić information content (AvgIpc) is 3.18. The molecule has 1 aliphatic heterocycles. The molecule has 0 aliphatic carbocycles. The largest absolute Gasteiger partial charge is 0.492 e. The molecule has 0 fully saturated rings. The summed E-state index contributed by atoms with van der Waals surface area (Å²) in [5, 5.41) is 18.4. The van der Waals surface area contributed by atoms with Gasteiger partial charge in [0.2, 0.25) is 17.7 Å². The highest BCUT2D eigenvalue weighted by atomic mass is 35.5. The smallest absolute Gasteiger partial charge is 0.326 e. The van der Waals surface area contributed by atoms with Gasteiger partial charge < -0.3 is 46.9 Å². The second kappa shape index (κ2) is 18.4. The third-order valence-electron chi connectivity index (χ3n) is 8.97. The van der Waals surface area contributed by atoms with E-state index in [1.54, 1.807) is 84.9 Å². The van der Waals surface area contributed by atoms with Crippen molar-refractivity contribution in [2.24, 2.45) is 11.5 Å². The summed E-state index contributed by atoms with van der Waals surface area (Å²) in [5.74, 6) is -3.13. The number of halogens is 1. The highest BCUT2D eigenvalue weighted by molar-refractivity contribution is 6.30. The van der Waals surface area contributed by atoms with Crippen molar-refractivity contribution in [1.82, 2.24) is 20.9 Å². The van der Waals surface area contributed by atoms with Crippen molar-refractivity contribution >= 4 is 41.2 Å². The van der Waals surface area contributed by atoms with E-state index in [2.05, 4.69) is 16.0 Å². The Morgan fingerprint density at radius 3 is 2.15 bits per heavy atom. The summed E-state index contributed by atoms with van der Waals surface area (Å²) in [7, 11) is 1.41. The first kappa shape index (κ1) is 40.2. The standard InChI is InChI=1S/C40H43ClN6O8/c1-23-37(49)46-32(40(52)53)20-24-7-13-33(54-17-15-42)30(19-24)31-21-26(10-14-34(31)55-18-16-43)36(39(51)45-23)47(2)35(48)22-44-38(50)29-6-4-3-5-28(29)25-8-11-27(41)12-9-25/h3-14,19,21,23,32,36H,15-18,20,22,42-43H2,1-2H3,(H,44,50)(H,45,51)(H,46,49)(H,52,53)/t23-,32?,36?/m0/s1. The predicted molar refractivity (Wildman–Crippen MR) is 207 cm³/mol. The molecule has 15 heteroatoms. The number of benzene rings is 4. The van der Waals surface area contributed by atoms with Crippen LogP contribution >= 0.6 is 11.6 Å². The van der Waals surface area contributed by atoms with Crippen molar-refractivity contribution < 1.29 is 38.6 Å². The van der Waals surface area contributed by atoms with Crippen LogP contribution in [-0.2, 0) is 25.6 Å². The monoisotopic (exact) mass is 770 g/mol. The van der Waals surface area contributed by atoms with Crippen molar-refractivity contribution in [2.75, 3.05) is 39.9 Å². The number of nitrogens with two attached hydrogens (primary N) is 2. The molecule has 0 aromatic heterocycles. The summed E-state index contributed by atoms with van der Waals surface area (Å²) in [5.41, 5.74) is 15.1. The molecule has 0 radical (unpaired) electrons. The molecule has 4 aromatic rings. The number of carbonyl (C=O) groups excluding carboxylic acids is 4. The topological polar surface area (TPSA) is 215 Å². The van der Waals surface area contributed by atoms with Crippen LogP contribution < -0.4 is 36.9 Å². The van der Waals surface area contributed by atoms with Gasteiger partial charge >= 0.3 is 5.97 Å². The van der Waals surface area contributed by atoms with Crippen LogP contribution in [0, 0.1) is 0 Å². The fourth-order valence-corrected chi connectivity index (χ4v) is 6.28. The van der Waals surface area contributed by atoms with Crippen molar-refractivity contribution in [3.8, 4) is 33.8 Å². The number of nitrogens with one attached hydrogen (secondary N) is 3. The van der Waals surface area contributed by atoms with Gasteiger partial charge in [0, 0.05) is 48.3 Å². The lowest BCUT2D eigenvalue weighted by Gasteiger charge is -2.30. The molecule has 14 nitrogen and oxygen atoms in total. The van der Waals surface area contributed by atoms with Crippen LogP contribution in [0.1, 0.15) is 34.5 Å². The van der Waals surface area contributed by atoms with Crippen molar-refractivity contribution in [3.05, 3.63) is 107 Å². The molecule has 5 rings (SSSR count). The number of ether oxygens (including phenoxy) is 2. The third kappa shape index (κ3) is 9.78. The van der Waals surface area contributed by atoms with Crippen LogP contribution in [0.2, 0.25) is 5.02 Å². The second-order valence-corrected chi connectivity index (χ2v) is 13.3. The molecular formula is C40H43ClN6O8. The van der Waals surface area contributed by atoms with Crippen LogP contribution in [-0.4, -0.2) is 91.6 Å². The average molecular weight is 771 g/mol. The number of carbonyl (C=O) groups is 5. The lowest BCUT2D eigenvalue weighted by Crippen LogP contribution is -2.53. The summed E-state index contributed by atoms with van der Waals surface area (Å²) in [6.45, 7) is 1.66. The Kier molecular flexibility index (Phi) is 13.4. The number of rotatable bonds is 12. The van der Waals surface area contributed by atoms with E-state index in [1.165, 1.54) is 18.9 Å². The maximum absolute atomic E-state index is 14.1. The number of carboxylic acid groups (broad SMARTS) is 1. The summed E-state index contributed by atoms with van der Waals surface area (Å²) in [6, 6.07) is 20.0. The van der Waals surface area contributed by atoms with Crippen molar-refractivity contribution in [1.29, 1.82) is 0 Å². The third-order valence-corrected chi connectivity index (χ3v) is 9.22. The minimum absolute atomic E-state index is 0.0830. The van der Waals surface area contributed by atoms with Gasteiger partial charge in [0.15, 0.2) is 0 Å². The Balaban J connectivity index is 1.54. The number of nitrogens with zero attached hydrogens (tertiary/aromatic N) is 1. The first-order chi connectivity index (χ1) is 26.4. The van der Waals surface area contributed by atoms with Gasteiger partial charge in [0.1, 0.15) is 42.8 Å². The summed E-state index contributed by atoms with van der Waals surface area (Å²) in [6.07, 6.45) is -0.0830. The molecule has 4 amide bonds. The van der Waals surface area contributed by atoms with Gasteiger partial charge in [0.25, 0.3) is 5.91 Å². The summed E-state index contributed by atoms with van der Waals surface area (Å²) < 4.78 is 12.0. The molecule has 1 heterocycles. The summed E-state index contributed by atoms with van der Waals surface area (Å²) in [4.78, 5) is 68.2. The highest BCUT2D eigenvalue weighted by Gasteiger charge is 2.33.